The zero-order valence-electron chi connectivity index (χ0n) is 16.1. The smallest absolute Gasteiger partial charge is 0.191 e. The number of benzene rings is 1. The minimum Gasteiger partial charge on any atom is -0.486 e. The van der Waals surface area contributed by atoms with Crippen LogP contribution in [0.5, 0.6) is 5.75 Å². The molecule has 1 atom stereocenters. The fourth-order valence-corrected chi connectivity index (χ4v) is 2.07. The van der Waals surface area contributed by atoms with Crippen molar-refractivity contribution in [3.8, 4) is 5.75 Å². The van der Waals surface area contributed by atoms with E-state index in [-0.39, 0.29) is 17.7 Å². The first-order valence-corrected chi connectivity index (χ1v) is 9.18. The average molecular weight is 369 g/mol. The highest BCUT2D eigenvalue weighted by Gasteiger charge is 2.08. The molecule has 0 heterocycles. The van der Waals surface area contributed by atoms with E-state index in [0.717, 1.165) is 19.4 Å². The normalized spacial score (nSPS) is 12.7. The van der Waals surface area contributed by atoms with Crippen LogP contribution >= 0.6 is 0 Å². The molecule has 0 aliphatic heterocycles. The van der Waals surface area contributed by atoms with Crippen molar-refractivity contribution in [2.75, 3.05) is 46.6 Å². The number of guanidine groups is 1. The Labute approximate surface area is 156 Å². The summed E-state index contributed by atoms with van der Waals surface area (Å²) in [6, 6.07) is 6.37. The summed E-state index contributed by atoms with van der Waals surface area (Å²) in [7, 11) is 1.69. The quantitative estimate of drug-likeness (QED) is 0.318. The summed E-state index contributed by atoms with van der Waals surface area (Å²) in [5, 5.41) is 6.30. The first-order valence-electron chi connectivity index (χ1n) is 9.18. The van der Waals surface area contributed by atoms with Gasteiger partial charge >= 0.3 is 0 Å². The summed E-state index contributed by atoms with van der Waals surface area (Å²) in [6.07, 6.45) is 2.02. The van der Waals surface area contributed by atoms with E-state index in [1.165, 1.54) is 6.07 Å². The second-order valence-electron chi connectivity index (χ2n) is 5.82. The molecule has 1 unspecified atom stereocenters. The van der Waals surface area contributed by atoms with Crippen LogP contribution < -0.4 is 15.4 Å². The third-order valence-corrected chi connectivity index (χ3v) is 3.50. The number of nitrogens with one attached hydrogen (secondary N) is 2. The summed E-state index contributed by atoms with van der Waals surface area (Å²) in [6.45, 7) is 7.72. The van der Waals surface area contributed by atoms with Gasteiger partial charge in [0.25, 0.3) is 0 Å². The van der Waals surface area contributed by atoms with Crippen LogP contribution in [-0.2, 0) is 9.47 Å². The van der Waals surface area contributed by atoms with Crippen LogP contribution in [-0.4, -0.2) is 58.6 Å². The van der Waals surface area contributed by atoms with Crippen molar-refractivity contribution in [3.05, 3.63) is 30.1 Å². The second kappa shape index (κ2) is 14.3. The lowest BCUT2D eigenvalue weighted by Crippen LogP contribution is -2.42. The van der Waals surface area contributed by atoms with Crippen LogP contribution in [0.15, 0.2) is 29.3 Å². The molecule has 0 amide bonds. The van der Waals surface area contributed by atoms with Gasteiger partial charge in [-0.15, -0.1) is 0 Å². The molecule has 0 bridgehead atoms. The average Bonchev–Trinajstić information content (AvgIpc) is 2.64. The molecule has 148 valence electrons. The molecule has 1 aromatic carbocycles. The number of halogens is 1. The van der Waals surface area contributed by atoms with Gasteiger partial charge in [0.05, 0.1) is 26.4 Å². The predicted molar refractivity (Wildman–Crippen MR) is 102 cm³/mol. The fraction of sp³-hybridized carbons (Fsp3) is 0.632. The van der Waals surface area contributed by atoms with E-state index in [0.29, 0.717) is 38.9 Å². The summed E-state index contributed by atoms with van der Waals surface area (Å²) >= 11 is 0. The molecule has 6 nitrogen and oxygen atoms in total. The van der Waals surface area contributed by atoms with Crippen LogP contribution in [0.2, 0.25) is 0 Å². The van der Waals surface area contributed by atoms with Gasteiger partial charge in [-0.05, 0) is 25.5 Å². The van der Waals surface area contributed by atoms with Crippen molar-refractivity contribution in [1.82, 2.24) is 10.6 Å². The first-order chi connectivity index (χ1) is 12.7. The third-order valence-electron chi connectivity index (χ3n) is 3.50. The lowest BCUT2D eigenvalue weighted by atomic mass is 10.3. The number of ether oxygens (including phenoxy) is 3. The highest BCUT2D eigenvalue weighted by Crippen LogP contribution is 2.16. The Morgan fingerprint density at radius 2 is 1.85 bits per heavy atom. The summed E-state index contributed by atoms with van der Waals surface area (Å²) in [5.41, 5.74) is 0. The maximum absolute atomic E-state index is 13.6. The SMILES string of the molecule is CCCCOCCOCCNC(=NC)NCC(C)Oc1ccccc1F. The van der Waals surface area contributed by atoms with Crippen molar-refractivity contribution in [2.24, 2.45) is 4.99 Å². The molecule has 0 spiro atoms. The molecule has 1 rings (SSSR count). The lowest BCUT2D eigenvalue weighted by molar-refractivity contribution is 0.0487. The van der Waals surface area contributed by atoms with Crippen molar-refractivity contribution in [1.29, 1.82) is 0 Å². The van der Waals surface area contributed by atoms with E-state index in [4.69, 9.17) is 14.2 Å². The van der Waals surface area contributed by atoms with Crippen molar-refractivity contribution < 1.29 is 18.6 Å². The van der Waals surface area contributed by atoms with Gasteiger partial charge in [0, 0.05) is 20.2 Å². The van der Waals surface area contributed by atoms with Gasteiger partial charge in [0.1, 0.15) is 6.10 Å². The summed E-state index contributed by atoms with van der Waals surface area (Å²) in [4.78, 5) is 4.14. The van der Waals surface area contributed by atoms with Gasteiger partial charge in [-0.3, -0.25) is 4.99 Å². The van der Waals surface area contributed by atoms with E-state index in [1.54, 1.807) is 25.2 Å². The number of aliphatic imine (C=N–C) groups is 1. The molecule has 0 aliphatic rings. The molecule has 26 heavy (non-hydrogen) atoms. The topological polar surface area (TPSA) is 64.1 Å². The number of nitrogens with zero attached hydrogens (tertiary/aromatic N) is 1. The largest absolute Gasteiger partial charge is 0.486 e. The van der Waals surface area contributed by atoms with Crippen molar-refractivity contribution in [3.63, 3.8) is 0 Å². The molecule has 0 fully saturated rings. The van der Waals surface area contributed by atoms with Crippen LogP contribution in [0, 0.1) is 5.82 Å². The molecule has 2 N–H and O–H groups in total. The maximum Gasteiger partial charge on any atom is 0.191 e. The maximum atomic E-state index is 13.6. The highest BCUT2D eigenvalue weighted by molar-refractivity contribution is 5.79. The molecular formula is C19H32FN3O3. The fourth-order valence-electron chi connectivity index (χ4n) is 2.07. The Morgan fingerprint density at radius 3 is 2.54 bits per heavy atom. The molecular weight excluding hydrogens is 337 g/mol. The standard InChI is InChI=1S/C19H32FN3O3/c1-4-5-11-24-13-14-25-12-10-22-19(21-3)23-15-16(2)26-18-9-7-6-8-17(18)20/h6-9,16H,4-5,10-15H2,1-3H3,(H2,21,22,23). The Kier molecular flexibility index (Phi) is 12.2. The second-order valence-corrected chi connectivity index (χ2v) is 5.82. The molecule has 0 saturated carbocycles. The predicted octanol–water partition coefficient (Wildman–Crippen LogP) is 2.59. The minimum atomic E-state index is -0.363. The van der Waals surface area contributed by atoms with Gasteiger partial charge in [-0.25, -0.2) is 4.39 Å². The lowest BCUT2D eigenvalue weighted by Gasteiger charge is -2.18. The first kappa shape index (κ1) is 22.2. The number of para-hydroxylation sites is 1. The molecule has 0 aromatic heterocycles. The zero-order valence-corrected chi connectivity index (χ0v) is 16.1. The zero-order chi connectivity index (χ0) is 19.0. The summed E-state index contributed by atoms with van der Waals surface area (Å²) in [5.74, 6) is 0.536. The van der Waals surface area contributed by atoms with Crippen LogP contribution in [0.1, 0.15) is 26.7 Å². The number of unbranched alkanes of at least 4 members (excludes halogenated alkanes) is 1. The Bertz CT molecular complexity index is 515. The van der Waals surface area contributed by atoms with Gasteiger partial charge in [0.2, 0.25) is 0 Å². The molecule has 1 aromatic rings. The van der Waals surface area contributed by atoms with Crippen LogP contribution in [0.25, 0.3) is 0 Å². The van der Waals surface area contributed by atoms with Gasteiger partial charge < -0.3 is 24.8 Å². The van der Waals surface area contributed by atoms with Crippen LogP contribution in [0.4, 0.5) is 4.39 Å². The Hall–Kier alpha value is -1.86. The highest BCUT2D eigenvalue weighted by atomic mass is 19.1. The number of hydrogen-bond acceptors (Lipinski definition) is 4. The van der Waals surface area contributed by atoms with Crippen molar-refractivity contribution in [2.45, 2.75) is 32.8 Å². The van der Waals surface area contributed by atoms with E-state index >= 15 is 0 Å². The summed E-state index contributed by atoms with van der Waals surface area (Å²) < 4.78 is 30.1. The Morgan fingerprint density at radius 1 is 1.12 bits per heavy atom. The number of hydrogen-bond donors (Lipinski definition) is 2. The van der Waals surface area contributed by atoms with Crippen molar-refractivity contribution >= 4 is 5.96 Å². The third kappa shape index (κ3) is 10.2. The van der Waals surface area contributed by atoms with Gasteiger partial charge in [-0.1, -0.05) is 25.5 Å². The number of rotatable bonds is 13. The van der Waals surface area contributed by atoms with Gasteiger partial charge in [0.15, 0.2) is 17.5 Å². The minimum absolute atomic E-state index is 0.207. The molecule has 0 aliphatic carbocycles. The van der Waals surface area contributed by atoms with E-state index in [1.807, 2.05) is 6.92 Å². The molecule has 7 heteroatoms. The molecule has 0 saturated heterocycles. The monoisotopic (exact) mass is 369 g/mol. The van der Waals surface area contributed by atoms with Gasteiger partial charge in [-0.2, -0.15) is 0 Å². The Balaban J connectivity index is 2.10. The van der Waals surface area contributed by atoms with E-state index < -0.39 is 0 Å². The van der Waals surface area contributed by atoms with E-state index in [2.05, 4.69) is 22.5 Å². The van der Waals surface area contributed by atoms with Crippen LogP contribution in [0.3, 0.4) is 0 Å². The molecule has 0 radical (unpaired) electrons. The van der Waals surface area contributed by atoms with E-state index in [9.17, 15) is 4.39 Å².